The highest BCUT2D eigenvalue weighted by Gasteiger charge is 2.39. The molecular weight excluding hydrogens is 542 g/mol. The summed E-state index contributed by atoms with van der Waals surface area (Å²) in [5.41, 5.74) is 2.95. The summed E-state index contributed by atoms with van der Waals surface area (Å²) in [6.45, 7) is 8.90. The summed E-state index contributed by atoms with van der Waals surface area (Å²) in [4.78, 5) is 22.6. The molecule has 0 aliphatic carbocycles. The molecule has 0 bridgehead atoms. The second kappa shape index (κ2) is 19.8. The third kappa shape index (κ3) is 13.8. The number of unbranched alkanes of at least 4 members (excludes halogenated alkanes) is 3. The number of carbonyl (C=O) groups excluding carboxylic acids is 1. The summed E-state index contributed by atoms with van der Waals surface area (Å²) in [5.74, 6) is -0.146. The molecular formula is C31H45NO8Si. The van der Waals surface area contributed by atoms with Crippen molar-refractivity contribution in [3.05, 3.63) is 60.2 Å². The standard InChI is InChI=1S/C31H45NO8Si/c1-4-38-41(39-5-2,40-6-3)25-11-22-32-31(35)37-24-10-8-7-9-23-36-29-19-17-28(18-20-29)27-15-12-26(13-16-27)14-21-30(33)34/h12-21H,4-11,22-25H2,1-3H3,(H,32,35)(H,33,34). The van der Waals surface area contributed by atoms with Gasteiger partial charge < -0.3 is 33.2 Å². The van der Waals surface area contributed by atoms with Crippen LogP contribution in [0.25, 0.3) is 17.2 Å². The first-order valence-corrected chi connectivity index (χ1v) is 16.4. The minimum Gasteiger partial charge on any atom is -0.494 e. The number of hydrogen-bond acceptors (Lipinski definition) is 7. The van der Waals surface area contributed by atoms with E-state index in [0.717, 1.165) is 54.2 Å². The lowest BCUT2D eigenvalue weighted by atomic mass is 10.0. The predicted molar refractivity (Wildman–Crippen MR) is 162 cm³/mol. The van der Waals surface area contributed by atoms with Gasteiger partial charge in [0, 0.05) is 38.5 Å². The average Bonchev–Trinajstić information content (AvgIpc) is 2.97. The van der Waals surface area contributed by atoms with Crippen molar-refractivity contribution in [2.75, 3.05) is 39.6 Å². The fourth-order valence-corrected chi connectivity index (χ4v) is 6.77. The van der Waals surface area contributed by atoms with Crippen LogP contribution in [0.3, 0.4) is 0 Å². The van der Waals surface area contributed by atoms with Crippen molar-refractivity contribution >= 4 is 26.9 Å². The van der Waals surface area contributed by atoms with E-state index >= 15 is 0 Å². The van der Waals surface area contributed by atoms with Gasteiger partial charge in [-0.25, -0.2) is 9.59 Å². The number of nitrogens with one attached hydrogen (secondary N) is 1. The molecule has 0 saturated carbocycles. The number of benzene rings is 2. The van der Waals surface area contributed by atoms with Crippen molar-refractivity contribution in [2.45, 2.75) is 58.9 Å². The maximum atomic E-state index is 12.0. The molecule has 0 atom stereocenters. The molecule has 226 valence electrons. The van der Waals surface area contributed by atoms with E-state index in [1.807, 2.05) is 69.3 Å². The number of carbonyl (C=O) groups is 2. The Balaban J connectivity index is 1.54. The van der Waals surface area contributed by atoms with Crippen LogP contribution in [-0.4, -0.2) is 65.6 Å². The summed E-state index contributed by atoms with van der Waals surface area (Å²) in [6.07, 6.45) is 6.67. The van der Waals surface area contributed by atoms with E-state index in [1.54, 1.807) is 6.08 Å². The second-order valence-electron chi connectivity index (χ2n) is 9.23. The number of aliphatic carboxylic acids is 1. The van der Waals surface area contributed by atoms with Gasteiger partial charge in [-0.3, -0.25) is 0 Å². The van der Waals surface area contributed by atoms with Crippen molar-refractivity contribution in [3.8, 4) is 16.9 Å². The number of rotatable bonds is 21. The minimum atomic E-state index is -2.68. The monoisotopic (exact) mass is 587 g/mol. The highest BCUT2D eigenvalue weighted by molar-refractivity contribution is 6.60. The molecule has 9 nitrogen and oxygen atoms in total. The van der Waals surface area contributed by atoms with Crippen LogP contribution in [0.2, 0.25) is 6.04 Å². The Labute approximate surface area is 245 Å². The summed E-state index contributed by atoms with van der Waals surface area (Å²) in [6, 6.07) is 16.3. The smallest absolute Gasteiger partial charge is 0.494 e. The lowest BCUT2D eigenvalue weighted by Crippen LogP contribution is -2.46. The van der Waals surface area contributed by atoms with Crippen LogP contribution in [0.5, 0.6) is 5.75 Å². The van der Waals surface area contributed by atoms with E-state index < -0.39 is 20.9 Å². The fourth-order valence-electron chi connectivity index (χ4n) is 4.16. The Morgan fingerprint density at radius 3 is 1.90 bits per heavy atom. The Kier molecular flexibility index (Phi) is 16.4. The van der Waals surface area contributed by atoms with Gasteiger partial charge in [-0.05, 0) is 87.8 Å². The van der Waals surface area contributed by atoms with E-state index in [-0.39, 0.29) is 0 Å². The topological polar surface area (TPSA) is 113 Å². The largest absolute Gasteiger partial charge is 0.500 e. The number of ether oxygens (including phenoxy) is 2. The van der Waals surface area contributed by atoms with Gasteiger partial charge in [0.25, 0.3) is 0 Å². The first kappa shape index (κ1) is 34.0. The van der Waals surface area contributed by atoms with Crippen LogP contribution in [0.1, 0.15) is 58.4 Å². The van der Waals surface area contributed by atoms with Crippen molar-refractivity contribution in [1.82, 2.24) is 5.32 Å². The molecule has 0 saturated heterocycles. The lowest BCUT2D eigenvalue weighted by Gasteiger charge is -2.28. The van der Waals surface area contributed by atoms with Crippen molar-refractivity contribution in [2.24, 2.45) is 0 Å². The highest BCUT2D eigenvalue weighted by atomic mass is 28.4. The molecule has 10 heteroatoms. The summed E-state index contributed by atoms with van der Waals surface area (Å²) in [7, 11) is -2.68. The number of amides is 1. The van der Waals surface area contributed by atoms with E-state index in [2.05, 4.69) is 5.32 Å². The number of alkyl carbamates (subject to hydrolysis) is 1. The van der Waals surface area contributed by atoms with Crippen LogP contribution < -0.4 is 10.1 Å². The van der Waals surface area contributed by atoms with Gasteiger partial charge in [0.2, 0.25) is 0 Å². The van der Waals surface area contributed by atoms with Crippen molar-refractivity contribution < 1.29 is 37.4 Å². The quantitative estimate of drug-likeness (QED) is 0.0960. The van der Waals surface area contributed by atoms with Crippen LogP contribution in [0.15, 0.2) is 54.6 Å². The van der Waals surface area contributed by atoms with Crippen LogP contribution in [-0.2, 0) is 22.8 Å². The molecule has 1 amide bonds. The first-order chi connectivity index (χ1) is 19.9. The normalized spacial score (nSPS) is 11.5. The van der Waals surface area contributed by atoms with Gasteiger partial charge in [0.1, 0.15) is 5.75 Å². The van der Waals surface area contributed by atoms with Crippen molar-refractivity contribution in [3.63, 3.8) is 0 Å². The molecule has 0 heterocycles. The molecule has 2 aromatic carbocycles. The van der Waals surface area contributed by atoms with E-state index in [4.69, 9.17) is 27.9 Å². The molecule has 0 spiro atoms. The molecule has 0 aromatic heterocycles. The highest BCUT2D eigenvalue weighted by Crippen LogP contribution is 2.23. The van der Waals surface area contributed by atoms with Gasteiger partial charge in [-0.1, -0.05) is 36.4 Å². The first-order valence-electron chi connectivity index (χ1n) is 14.5. The number of hydrogen-bond donors (Lipinski definition) is 2. The molecule has 41 heavy (non-hydrogen) atoms. The van der Waals surface area contributed by atoms with Crippen LogP contribution in [0.4, 0.5) is 4.79 Å². The zero-order chi connectivity index (χ0) is 29.8. The number of carboxylic acids is 1. The zero-order valence-corrected chi connectivity index (χ0v) is 25.6. The summed E-state index contributed by atoms with van der Waals surface area (Å²) in [5, 5.41) is 11.5. The Bertz CT molecular complexity index is 1030. The summed E-state index contributed by atoms with van der Waals surface area (Å²) < 4.78 is 28.6. The van der Waals surface area contributed by atoms with Crippen LogP contribution >= 0.6 is 0 Å². The fraction of sp³-hybridized carbons (Fsp3) is 0.484. The molecule has 0 radical (unpaired) electrons. The van der Waals surface area contributed by atoms with E-state index in [1.165, 1.54) is 0 Å². The molecule has 0 fully saturated rings. The van der Waals surface area contributed by atoms with Gasteiger partial charge in [-0.15, -0.1) is 0 Å². The van der Waals surface area contributed by atoms with E-state index in [9.17, 15) is 9.59 Å². The van der Waals surface area contributed by atoms with E-state index in [0.29, 0.717) is 52.0 Å². The Morgan fingerprint density at radius 1 is 0.780 bits per heavy atom. The van der Waals surface area contributed by atoms with Gasteiger partial charge in [0.05, 0.1) is 13.2 Å². The van der Waals surface area contributed by atoms with Crippen molar-refractivity contribution in [1.29, 1.82) is 0 Å². The third-order valence-electron chi connectivity index (χ3n) is 6.08. The lowest BCUT2D eigenvalue weighted by molar-refractivity contribution is -0.131. The molecule has 2 aromatic rings. The summed E-state index contributed by atoms with van der Waals surface area (Å²) >= 11 is 0. The molecule has 2 N–H and O–H groups in total. The molecule has 0 aliphatic heterocycles. The Hall–Kier alpha value is -3.18. The third-order valence-corrected chi connectivity index (χ3v) is 9.23. The van der Waals surface area contributed by atoms with Crippen LogP contribution in [0, 0.1) is 0 Å². The van der Waals surface area contributed by atoms with Gasteiger partial charge in [0.15, 0.2) is 0 Å². The predicted octanol–water partition coefficient (Wildman–Crippen LogP) is 6.56. The van der Waals surface area contributed by atoms with Gasteiger partial charge >= 0.3 is 20.9 Å². The maximum absolute atomic E-state index is 12.0. The minimum absolute atomic E-state index is 0.389. The maximum Gasteiger partial charge on any atom is 0.500 e. The molecule has 0 unspecified atom stereocenters. The zero-order valence-electron chi connectivity index (χ0n) is 24.6. The Morgan fingerprint density at radius 2 is 1.34 bits per heavy atom. The SMILES string of the molecule is CCO[Si](CCCNC(=O)OCCCCCCOc1ccc(-c2ccc(C=CC(=O)O)cc2)cc1)(OCC)OCC. The second-order valence-corrected chi connectivity index (χ2v) is 12.0. The average molecular weight is 588 g/mol. The molecule has 2 rings (SSSR count). The molecule has 0 aliphatic rings. The number of carboxylic acid groups (broad SMARTS) is 1. The van der Waals surface area contributed by atoms with Gasteiger partial charge in [-0.2, -0.15) is 0 Å².